The first-order valence-electron chi connectivity index (χ1n) is 7.23. The molecule has 3 rings (SSSR count). The van der Waals surface area contributed by atoms with Crippen molar-refractivity contribution in [3.05, 3.63) is 56.5 Å². The van der Waals surface area contributed by atoms with Crippen LogP contribution in [0.1, 0.15) is 4.88 Å². The second-order valence-corrected chi connectivity index (χ2v) is 7.38. The van der Waals surface area contributed by atoms with Gasteiger partial charge in [-0.3, -0.25) is 9.59 Å². The third-order valence-corrected chi connectivity index (χ3v) is 5.41. The smallest absolute Gasteiger partial charge is 0.325 e. The molecule has 25 heavy (non-hydrogen) atoms. The molecule has 0 aliphatic rings. The highest BCUT2D eigenvalue weighted by atomic mass is 35.5. The number of carbonyl (C=O) groups excluding carboxylic acids is 2. The summed E-state index contributed by atoms with van der Waals surface area (Å²) in [7, 11) is 1.32. The minimum Gasteiger partial charge on any atom is -0.468 e. The summed E-state index contributed by atoms with van der Waals surface area (Å²) in [5, 5.41) is 2.51. The molecular weight excluding hydrogens is 380 g/mol. The lowest BCUT2D eigenvalue weighted by Crippen LogP contribution is -2.22. The summed E-state index contributed by atoms with van der Waals surface area (Å²) in [5.41, 5.74) is 0.772. The number of thiophene rings is 1. The van der Waals surface area contributed by atoms with Gasteiger partial charge in [0.05, 0.1) is 17.3 Å². The average Bonchev–Trinajstić information content (AvgIpc) is 3.21. The van der Waals surface area contributed by atoms with Crippen molar-refractivity contribution in [2.75, 3.05) is 7.11 Å². The zero-order chi connectivity index (χ0) is 17.8. The minimum atomic E-state index is -0.419. The molecule has 0 fully saturated rings. The van der Waals surface area contributed by atoms with Gasteiger partial charge in [-0.05, 0) is 35.7 Å². The van der Waals surface area contributed by atoms with E-state index in [-0.39, 0.29) is 6.54 Å². The van der Waals surface area contributed by atoms with E-state index in [1.54, 1.807) is 28.8 Å². The van der Waals surface area contributed by atoms with E-state index in [0.717, 1.165) is 15.1 Å². The number of hydrogen-bond donors (Lipinski definition) is 0. The van der Waals surface area contributed by atoms with Crippen LogP contribution in [0.3, 0.4) is 0 Å². The molecule has 0 aliphatic heterocycles. The highest BCUT2D eigenvalue weighted by molar-refractivity contribution is 7.16. The minimum absolute atomic E-state index is 0.0289. The summed E-state index contributed by atoms with van der Waals surface area (Å²) in [6.45, 7) is -0.0289. The number of ether oxygens (including phenoxy) is 1. The second-order valence-electron chi connectivity index (χ2n) is 4.96. The van der Waals surface area contributed by atoms with Gasteiger partial charge in [-0.25, -0.2) is 0 Å². The maximum atomic E-state index is 12.2. The molecular formula is C17H13ClN2O3S2. The molecule has 0 saturated carbocycles. The first-order valence-corrected chi connectivity index (χ1v) is 9.30. The molecule has 8 heteroatoms. The van der Waals surface area contributed by atoms with Crippen LogP contribution in [-0.4, -0.2) is 23.6 Å². The molecule has 1 amide bonds. The Morgan fingerprint density at radius 2 is 2.20 bits per heavy atom. The second kappa shape index (κ2) is 7.77. The number of amides is 1. The molecule has 0 bridgehead atoms. The number of hydrogen-bond acceptors (Lipinski definition) is 5. The highest BCUT2D eigenvalue weighted by Gasteiger charge is 2.11. The molecule has 0 atom stereocenters. The van der Waals surface area contributed by atoms with Crippen LogP contribution in [-0.2, 0) is 20.9 Å². The number of carbonyl (C=O) groups is 2. The van der Waals surface area contributed by atoms with E-state index < -0.39 is 11.9 Å². The molecule has 128 valence electrons. The van der Waals surface area contributed by atoms with Crippen molar-refractivity contribution < 1.29 is 14.3 Å². The predicted molar refractivity (Wildman–Crippen MR) is 101 cm³/mol. The summed E-state index contributed by atoms with van der Waals surface area (Å²) in [4.78, 5) is 29.4. The van der Waals surface area contributed by atoms with Crippen molar-refractivity contribution in [3.63, 3.8) is 0 Å². The molecule has 5 nitrogen and oxygen atoms in total. The first-order chi connectivity index (χ1) is 12.1. The van der Waals surface area contributed by atoms with E-state index in [9.17, 15) is 9.59 Å². The van der Waals surface area contributed by atoms with Gasteiger partial charge in [-0.15, -0.1) is 11.3 Å². The number of aromatic nitrogens is 1. The van der Waals surface area contributed by atoms with Crippen molar-refractivity contribution in [2.24, 2.45) is 4.99 Å². The summed E-state index contributed by atoms with van der Waals surface area (Å²) in [6, 6.07) is 9.12. The predicted octanol–water partition coefficient (Wildman–Crippen LogP) is 3.73. The number of fused-ring (bicyclic) bond motifs is 1. The SMILES string of the molecule is COC(=O)Cn1c(=NC(=O)C=Cc2cccs2)sc2cc(Cl)ccc21. The van der Waals surface area contributed by atoms with Gasteiger partial charge in [0.15, 0.2) is 4.80 Å². The Bertz CT molecular complexity index is 1020. The maximum absolute atomic E-state index is 12.2. The average molecular weight is 393 g/mol. The molecule has 0 saturated heterocycles. The summed E-state index contributed by atoms with van der Waals surface area (Å²) < 4.78 is 7.22. The summed E-state index contributed by atoms with van der Waals surface area (Å²) >= 11 is 8.85. The number of rotatable bonds is 4. The largest absolute Gasteiger partial charge is 0.468 e. The fourth-order valence-electron chi connectivity index (χ4n) is 2.15. The molecule has 2 aromatic heterocycles. The van der Waals surface area contributed by atoms with Crippen LogP contribution in [0.5, 0.6) is 0 Å². The fraction of sp³-hybridized carbons (Fsp3) is 0.118. The Kier molecular flexibility index (Phi) is 5.47. The zero-order valence-corrected chi connectivity index (χ0v) is 15.5. The molecule has 0 radical (unpaired) electrons. The fourth-order valence-corrected chi connectivity index (χ4v) is 4.08. The van der Waals surface area contributed by atoms with Gasteiger partial charge in [-0.1, -0.05) is 29.0 Å². The van der Waals surface area contributed by atoms with E-state index in [0.29, 0.717) is 9.82 Å². The molecule has 1 aromatic carbocycles. The Hall–Kier alpha value is -2.22. The van der Waals surface area contributed by atoms with Crippen molar-refractivity contribution in [1.82, 2.24) is 4.57 Å². The van der Waals surface area contributed by atoms with Gasteiger partial charge in [0.2, 0.25) is 0 Å². The van der Waals surface area contributed by atoms with E-state index in [1.165, 1.54) is 35.9 Å². The summed E-state index contributed by atoms with van der Waals surface area (Å²) in [5.74, 6) is -0.817. The third kappa shape index (κ3) is 4.25. The number of methoxy groups -OCH3 is 1. The number of halogens is 1. The van der Waals surface area contributed by atoms with Crippen LogP contribution < -0.4 is 4.80 Å². The van der Waals surface area contributed by atoms with Crippen LogP contribution >= 0.6 is 34.3 Å². The van der Waals surface area contributed by atoms with Gasteiger partial charge < -0.3 is 9.30 Å². The standard InChI is InChI=1S/C17H13ClN2O3S2/c1-23-16(22)10-20-13-6-4-11(18)9-14(13)25-17(20)19-15(21)7-5-12-3-2-8-24-12/h2-9H,10H2,1H3. The first kappa shape index (κ1) is 17.6. The van der Waals surface area contributed by atoms with Crippen LogP contribution in [0.2, 0.25) is 5.02 Å². The van der Waals surface area contributed by atoms with Crippen molar-refractivity contribution in [1.29, 1.82) is 0 Å². The Morgan fingerprint density at radius 3 is 2.92 bits per heavy atom. The quantitative estimate of drug-likeness (QED) is 0.502. The number of esters is 1. The maximum Gasteiger partial charge on any atom is 0.325 e. The lowest BCUT2D eigenvalue weighted by Gasteiger charge is -2.03. The third-order valence-electron chi connectivity index (χ3n) is 3.30. The Labute approximate surface area is 156 Å². The monoisotopic (exact) mass is 392 g/mol. The van der Waals surface area contributed by atoms with Gasteiger partial charge in [-0.2, -0.15) is 4.99 Å². The van der Waals surface area contributed by atoms with E-state index in [1.807, 2.05) is 17.5 Å². The van der Waals surface area contributed by atoms with Crippen LogP contribution in [0.15, 0.2) is 46.8 Å². The Balaban J connectivity index is 2.02. The lowest BCUT2D eigenvalue weighted by atomic mass is 10.3. The van der Waals surface area contributed by atoms with Crippen LogP contribution in [0.4, 0.5) is 0 Å². The highest BCUT2D eigenvalue weighted by Crippen LogP contribution is 2.22. The van der Waals surface area contributed by atoms with Crippen molar-refractivity contribution >= 4 is 62.4 Å². The summed E-state index contributed by atoms with van der Waals surface area (Å²) in [6.07, 6.45) is 3.12. The van der Waals surface area contributed by atoms with Gasteiger partial charge >= 0.3 is 5.97 Å². The number of nitrogens with zero attached hydrogens (tertiary/aromatic N) is 2. The number of benzene rings is 1. The zero-order valence-electron chi connectivity index (χ0n) is 13.1. The van der Waals surface area contributed by atoms with Crippen molar-refractivity contribution in [2.45, 2.75) is 6.54 Å². The van der Waals surface area contributed by atoms with Gasteiger partial charge in [0, 0.05) is 16.0 Å². The van der Waals surface area contributed by atoms with Crippen LogP contribution in [0.25, 0.3) is 16.3 Å². The lowest BCUT2D eigenvalue weighted by molar-refractivity contribution is -0.141. The topological polar surface area (TPSA) is 60.7 Å². The molecule has 0 unspecified atom stereocenters. The van der Waals surface area contributed by atoms with Gasteiger partial charge in [0.25, 0.3) is 5.91 Å². The Morgan fingerprint density at radius 1 is 1.36 bits per heavy atom. The molecule has 0 aliphatic carbocycles. The van der Waals surface area contributed by atoms with E-state index in [4.69, 9.17) is 16.3 Å². The molecule has 3 aromatic rings. The molecule has 0 N–H and O–H groups in total. The molecule has 0 spiro atoms. The number of thiazole rings is 1. The van der Waals surface area contributed by atoms with Gasteiger partial charge in [0.1, 0.15) is 6.54 Å². The van der Waals surface area contributed by atoms with Crippen LogP contribution in [0, 0.1) is 0 Å². The molecule has 2 heterocycles. The van der Waals surface area contributed by atoms with Crippen molar-refractivity contribution in [3.8, 4) is 0 Å². The van der Waals surface area contributed by atoms with E-state index >= 15 is 0 Å². The van der Waals surface area contributed by atoms with E-state index in [2.05, 4.69) is 4.99 Å². The normalized spacial score (nSPS) is 12.2.